The number of rotatable bonds is 7. The molecule has 136 valence electrons. The average Bonchev–Trinajstić information content (AvgIpc) is 2.55. The molecule has 0 saturated carbocycles. The summed E-state index contributed by atoms with van der Waals surface area (Å²) in [6, 6.07) is 12.6. The monoisotopic (exact) mass is 446 g/mol. The van der Waals surface area contributed by atoms with Crippen LogP contribution in [-0.2, 0) is 10.0 Å². The molecule has 1 unspecified atom stereocenters. The molecule has 1 N–H and O–H groups in total. The van der Waals surface area contributed by atoms with Crippen molar-refractivity contribution in [3.63, 3.8) is 0 Å². The molecule has 5 nitrogen and oxygen atoms in total. The Balaban J connectivity index is 2.30. The molecule has 1 atom stereocenters. The normalized spacial score (nSPS) is 13.0. The number of nitrogens with zero attached hydrogens (tertiary/aromatic N) is 1. The van der Waals surface area contributed by atoms with Crippen LogP contribution >= 0.6 is 27.5 Å². The third-order valence-corrected chi connectivity index (χ3v) is 5.98. The molecule has 0 aliphatic carbocycles. The van der Waals surface area contributed by atoms with E-state index in [4.69, 9.17) is 16.3 Å². The summed E-state index contributed by atoms with van der Waals surface area (Å²) in [6.07, 6.45) is 0. The van der Waals surface area contributed by atoms with Gasteiger partial charge in [-0.15, -0.1) is 0 Å². The van der Waals surface area contributed by atoms with Gasteiger partial charge in [-0.25, -0.2) is 13.1 Å². The molecule has 0 fully saturated rings. The Morgan fingerprint density at radius 1 is 1.24 bits per heavy atom. The Bertz CT molecular complexity index is 829. The summed E-state index contributed by atoms with van der Waals surface area (Å²) in [4.78, 5) is 1.96. The molecule has 0 spiro atoms. The van der Waals surface area contributed by atoms with Crippen molar-refractivity contribution in [3.8, 4) is 5.75 Å². The lowest BCUT2D eigenvalue weighted by Crippen LogP contribution is -2.34. The van der Waals surface area contributed by atoms with Crippen molar-refractivity contribution in [2.75, 3.05) is 27.7 Å². The van der Waals surface area contributed by atoms with Crippen LogP contribution in [0.25, 0.3) is 0 Å². The van der Waals surface area contributed by atoms with Crippen molar-refractivity contribution in [2.45, 2.75) is 10.9 Å². The van der Waals surface area contributed by atoms with Gasteiger partial charge in [-0.05, 0) is 47.7 Å². The third-order valence-electron chi connectivity index (χ3n) is 3.74. The van der Waals surface area contributed by atoms with Crippen LogP contribution in [0.15, 0.2) is 51.8 Å². The zero-order chi connectivity index (χ0) is 18.6. The minimum absolute atomic E-state index is 0.0000530. The molecule has 0 radical (unpaired) electrons. The van der Waals surface area contributed by atoms with E-state index in [0.717, 1.165) is 5.56 Å². The van der Waals surface area contributed by atoms with E-state index in [1.165, 1.54) is 13.2 Å². The van der Waals surface area contributed by atoms with E-state index in [0.29, 0.717) is 9.50 Å². The standard InChI is InChI=1S/C17H20BrClN2O3S/c1-21(2)15(12-7-5-4-6-8-12)11-20-25(22,23)16-10-13(19)9-14(18)17(16)24-3/h4-10,15,20H,11H2,1-3H3. The Hall–Kier alpha value is -1.12. The molecule has 0 aliphatic rings. The minimum Gasteiger partial charge on any atom is -0.494 e. The molecule has 8 heteroatoms. The first kappa shape index (κ1) is 20.2. The molecule has 0 bridgehead atoms. The number of methoxy groups -OCH3 is 1. The molecule has 0 aliphatic heterocycles. The Kier molecular flexibility index (Phi) is 6.87. The van der Waals surface area contributed by atoms with E-state index in [1.54, 1.807) is 6.07 Å². The number of nitrogens with one attached hydrogen (secondary N) is 1. The minimum atomic E-state index is -3.80. The maximum Gasteiger partial charge on any atom is 0.244 e. The molecular formula is C17H20BrClN2O3S. The van der Waals surface area contributed by atoms with Crippen LogP contribution in [-0.4, -0.2) is 41.1 Å². The second-order valence-corrected chi connectivity index (χ2v) is 8.69. The number of likely N-dealkylation sites (N-methyl/N-ethyl adjacent to an activating group) is 1. The van der Waals surface area contributed by atoms with Gasteiger partial charge in [0, 0.05) is 17.6 Å². The Morgan fingerprint density at radius 3 is 2.44 bits per heavy atom. The largest absolute Gasteiger partial charge is 0.494 e. The van der Waals surface area contributed by atoms with Gasteiger partial charge in [-0.3, -0.25) is 0 Å². The fourth-order valence-electron chi connectivity index (χ4n) is 2.47. The van der Waals surface area contributed by atoms with Gasteiger partial charge in [0.05, 0.1) is 11.6 Å². The van der Waals surface area contributed by atoms with Crippen LogP contribution in [0.3, 0.4) is 0 Å². The van der Waals surface area contributed by atoms with Crippen LogP contribution in [0.2, 0.25) is 5.02 Å². The SMILES string of the molecule is COc1c(Br)cc(Cl)cc1S(=O)(=O)NCC(c1ccccc1)N(C)C. The molecule has 0 amide bonds. The van der Waals surface area contributed by atoms with Crippen LogP contribution in [0.1, 0.15) is 11.6 Å². The molecule has 0 heterocycles. The van der Waals surface area contributed by atoms with E-state index in [9.17, 15) is 8.42 Å². The first-order valence-corrected chi connectivity index (χ1v) is 10.2. The summed E-state index contributed by atoms with van der Waals surface area (Å²) < 4.78 is 33.9. The zero-order valence-corrected chi connectivity index (χ0v) is 17.3. The Labute approximate surface area is 162 Å². The second-order valence-electron chi connectivity index (χ2n) is 5.66. The lowest BCUT2D eigenvalue weighted by Gasteiger charge is -2.25. The van der Waals surface area contributed by atoms with Gasteiger partial charge in [0.25, 0.3) is 0 Å². The number of ether oxygens (including phenoxy) is 1. The van der Waals surface area contributed by atoms with E-state index >= 15 is 0 Å². The summed E-state index contributed by atoms with van der Waals surface area (Å²) in [5.41, 5.74) is 1.02. The molecule has 25 heavy (non-hydrogen) atoms. The predicted molar refractivity (Wildman–Crippen MR) is 104 cm³/mol. The van der Waals surface area contributed by atoms with Gasteiger partial charge in [0.1, 0.15) is 4.90 Å². The summed E-state index contributed by atoms with van der Waals surface area (Å²) in [5.74, 6) is 0.220. The molecule has 2 rings (SSSR count). The first-order valence-electron chi connectivity index (χ1n) is 7.50. The van der Waals surface area contributed by atoms with Crippen LogP contribution in [0, 0.1) is 0 Å². The molecule has 2 aromatic rings. The van der Waals surface area contributed by atoms with E-state index in [2.05, 4.69) is 20.7 Å². The lowest BCUT2D eigenvalue weighted by atomic mass is 10.1. The average molecular weight is 448 g/mol. The lowest BCUT2D eigenvalue weighted by molar-refractivity contribution is 0.299. The van der Waals surface area contributed by atoms with E-state index in [-0.39, 0.29) is 23.2 Å². The smallest absolute Gasteiger partial charge is 0.244 e. The number of sulfonamides is 1. The zero-order valence-electron chi connectivity index (χ0n) is 14.2. The van der Waals surface area contributed by atoms with Gasteiger partial charge < -0.3 is 9.64 Å². The van der Waals surface area contributed by atoms with Gasteiger partial charge in [-0.1, -0.05) is 41.9 Å². The van der Waals surface area contributed by atoms with Gasteiger partial charge in [0.15, 0.2) is 5.75 Å². The van der Waals surface area contributed by atoms with Gasteiger partial charge >= 0.3 is 0 Å². The molecular weight excluding hydrogens is 428 g/mol. The van der Waals surface area contributed by atoms with Crippen LogP contribution in [0.5, 0.6) is 5.75 Å². The van der Waals surface area contributed by atoms with Crippen molar-refractivity contribution < 1.29 is 13.2 Å². The third kappa shape index (κ3) is 4.95. The first-order chi connectivity index (χ1) is 11.8. The van der Waals surface area contributed by atoms with Crippen molar-refractivity contribution >= 4 is 37.6 Å². The molecule has 0 aromatic heterocycles. The highest BCUT2D eigenvalue weighted by atomic mass is 79.9. The highest BCUT2D eigenvalue weighted by molar-refractivity contribution is 9.10. The van der Waals surface area contributed by atoms with Crippen LogP contribution in [0.4, 0.5) is 0 Å². The fourth-order valence-corrected chi connectivity index (χ4v) is 4.89. The maximum absolute atomic E-state index is 12.8. The van der Waals surface area contributed by atoms with Crippen molar-refractivity contribution in [1.29, 1.82) is 0 Å². The Morgan fingerprint density at radius 2 is 1.88 bits per heavy atom. The van der Waals surface area contributed by atoms with Crippen molar-refractivity contribution in [2.24, 2.45) is 0 Å². The predicted octanol–water partition coefficient (Wildman–Crippen LogP) is 3.69. The highest BCUT2D eigenvalue weighted by Crippen LogP contribution is 2.35. The second kappa shape index (κ2) is 8.51. The number of hydrogen-bond acceptors (Lipinski definition) is 4. The molecule has 2 aromatic carbocycles. The number of benzene rings is 2. The van der Waals surface area contributed by atoms with E-state index in [1.807, 2.05) is 49.3 Å². The maximum atomic E-state index is 12.8. The number of halogens is 2. The highest BCUT2D eigenvalue weighted by Gasteiger charge is 2.24. The topological polar surface area (TPSA) is 58.6 Å². The summed E-state index contributed by atoms with van der Waals surface area (Å²) in [5, 5.41) is 0.306. The summed E-state index contributed by atoms with van der Waals surface area (Å²) in [6.45, 7) is 0.215. The van der Waals surface area contributed by atoms with Gasteiger partial charge in [0.2, 0.25) is 10.0 Å². The van der Waals surface area contributed by atoms with Crippen molar-refractivity contribution in [3.05, 3.63) is 57.5 Å². The van der Waals surface area contributed by atoms with Crippen molar-refractivity contribution in [1.82, 2.24) is 9.62 Å². The van der Waals surface area contributed by atoms with E-state index < -0.39 is 10.0 Å². The number of hydrogen-bond donors (Lipinski definition) is 1. The van der Waals surface area contributed by atoms with Crippen LogP contribution < -0.4 is 9.46 Å². The quantitative estimate of drug-likeness (QED) is 0.703. The summed E-state index contributed by atoms with van der Waals surface area (Å²) >= 11 is 9.29. The fraction of sp³-hybridized carbons (Fsp3) is 0.294. The van der Waals surface area contributed by atoms with Gasteiger partial charge in [-0.2, -0.15) is 0 Å². The summed E-state index contributed by atoms with van der Waals surface area (Å²) in [7, 11) is 1.43. The molecule has 0 saturated heterocycles.